The van der Waals surface area contributed by atoms with E-state index in [0.717, 1.165) is 17.5 Å². The number of halogens is 3. The zero-order valence-electron chi connectivity index (χ0n) is 17.6. The van der Waals surface area contributed by atoms with Gasteiger partial charge in [-0.15, -0.1) is 0 Å². The highest BCUT2D eigenvalue weighted by Crippen LogP contribution is 2.39. The molecule has 1 aliphatic heterocycles. The summed E-state index contributed by atoms with van der Waals surface area (Å²) in [6.45, 7) is -0.198. The van der Waals surface area contributed by atoms with E-state index >= 15 is 0 Å². The van der Waals surface area contributed by atoms with Crippen molar-refractivity contribution < 1.29 is 47.0 Å². The first-order valence-corrected chi connectivity index (χ1v) is 13.7. The van der Waals surface area contributed by atoms with Crippen molar-refractivity contribution in [3.05, 3.63) is 6.33 Å². The van der Waals surface area contributed by atoms with E-state index < -0.39 is 51.6 Å². The molecule has 0 aliphatic carbocycles. The number of alkyl halides is 3. The van der Waals surface area contributed by atoms with E-state index in [1.54, 1.807) is 11.8 Å². The Labute approximate surface area is 199 Å². The molecule has 1 aliphatic rings. The van der Waals surface area contributed by atoms with Crippen molar-refractivity contribution in [2.24, 2.45) is 0 Å². The third-order valence-electron chi connectivity index (χ3n) is 4.63. The first kappa shape index (κ1) is 27.4. The highest BCUT2D eigenvalue weighted by Gasteiger charge is 2.45. The lowest BCUT2D eigenvalue weighted by Gasteiger charge is -2.17. The Morgan fingerprint density at radius 3 is 2.65 bits per heavy atom. The average molecular weight is 549 g/mol. The third-order valence-corrected chi connectivity index (χ3v) is 6.58. The molecule has 0 saturated carbocycles. The van der Waals surface area contributed by atoms with E-state index in [1.165, 1.54) is 10.9 Å². The minimum Gasteiger partial charge on any atom is -0.387 e. The van der Waals surface area contributed by atoms with Crippen LogP contribution < -0.4 is 5.32 Å². The van der Waals surface area contributed by atoms with Crippen LogP contribution in [-0.4, -0.2) is 94.9 Å². The minimum atomic E-state index is -4.84. The summed E-state index contributed by atoms with van der Waals surface area (Å²) in [4.78, 5) is 30.5. The molecule has 3 rings (SSSR count). The highest BCUT2D eigenvalue weighted by atomic mass is 32.2. The largest absolute Gasteiger partial charge is 0.469 e. The summed E-state index contributed by atoms with van der Waals surface area (Å²) in [5.74, 6) is 0.693. The summed E-state index contributed by atoms with van der Waals surface area (Å²) in [7, 11) is -4.84. The van der Waals surface area contributed by atoms with Crippen molar-refractivity contribution >= 4 is 48.3 Å². The molecule has 5 N–H and O–H groups in total. The van der Waals surface area contributed by atoms with Gasteiger partial charge in [0.2, 0.25) is 0 Å². The molecule has 3 heterocycles. The molecule has 1 fully saturated rings. The molecule has 0 amide bonds. The maximum absolute atomic E-state index is 12.6. The van der Waals surface area contributed by atoms with Crippen LogP contribution in [0.1, 0.15) is 12.6 Å². The predicted molar refractivity (Wildman–Crippen MR) is 118 cm³/mol. The van der Waals surface area contributed by atoms with Crippen molar-refractivity contribution in [1.82, 2.24) is 19.5 Å². The summed E-state index contributed by atoms with van der Waals surface area (Å²) in [6, 6.07) is 0. The van der Waals surface area contributed by atoms with Crippen LogP contribution in [0.3, 0.4) is 0 Å². The number of phosphoric ester groups is 1. The molecule has 0 spiro atoms. The van der Waals surface area contributed by atoms with E-state index in [-0.39, 0.29) is 27.9 Å². The number of nitrogens with one attached hydrogen (secondary N) is 1. The molecular weight excluding hydrogens is 526 g/mol. The van der Waals surface area contributed by atoms with E-state index in [2.05, 4.69) is 24.8 Å². The number of imidazole rings is 1. The Hall–Kier alpha value is -1.17. The van der Waals surface area contributed by atoms with E-state index in [4.69, 9.17) is 14.5 Å². The normalized spacial score (nSPS) is 23.6. The lowest BCUT2D eigenvalue weighted by molar-refractivity contribution is -0.129. The third kappa shape index (κ3) is 7.18. The number of thioether (sulfide) groups is 2. The Morgan fingerprint density at radius 2 is 2.00 bits per heavy atom. The van der Waals surface area contributed by atoms with Gasteiger partial charge < -0.3 is 30.1 Å². The number of phosphoric acid groups is 1. The molecule has 2 aromatic heterocycles. The van der Waals surface area contributed by atoms with Crippen molar-refractivity contribution in [2.45, 2.75) is 42.3 Å². The molecule has 192 valence electrons. The maximum atomic E-state index is 12.6. The molecule has 0 radical (unpaired) electrons. The Balaban J connectivity index is 1.89. The quantitative estimate of drug-likeness (QED) is 0.118. The summed E-state index contributed by atoms with van der Waals surface area (Å²) < 4.78 is 59.8. The van der Waals surface area contributed by atoms with Crippen LogP contribution in [0.4, 0.5) is 19.0 Å². The number of aliphatic hydroxyl groups excluding tert-OH is 2. The smallest absolute Gasteiger partial charge is 0.387 e. The van der Waals surface area contributed by atoms with Crippen LogP contribution in [0.2, 0.25) is 0 Å². The lowest BCUT2D eigenvalue weighted by atomic mass is 10.1. The van der Waals surface area contributed by atoms with Gasteiger partial charge >= 0.3 is 14.0 Å². The van der Waals surface area contributed by atoms with Crippen LogP contribution in [0, 0.1) is 0 Å². The second-order valence-corrected chi connectivity index (χ2v) is 10.4. The van der Waals surface area contributed by atoms with Gasteiger partial charge in [-0.25, -0.2) is 19.5 Å². The fourth-order valence-electron chi connectivity index (χ4n) is 3.07. The first-order chi connectivity index (χ1) is 15.9. The van der Waals surface area contributed by atoms with Gasteiger partial charge in [-0.2, -0.15) is 24.9 Å². The van der Waals surface area contributed by atoms with Crippen molar-refractivity contribution in [3.8, 4) is 0 Å². The van der Waals surface area contributed by atoms with Crippen molar-refractivity contribution in [1.29, 1.82) is 0 Å². The molecule has 1 saturated heterocycles. The van der Waals surface area contributed by atoms with Crippen LogP contribution in [0.25, 0.3) is 11.2 Å². The summed E-state index contributed by atoms with van der Waals surface area (Å²) in [5.41, 5.74) is 0.394. The Morgan fingerprint density at radius 1 is 1.26 bits per heavy atom. The molecule has 0 bridgehead atoms. The number of aromatic nitrogens is 4. The van der Waals surface area contributed by atoms with Crippen LogP contribution in [0.15, 0.2) is 11.5 Å². The lowest BCUT2D eigenvalue weighted by Crippen LogP contribution is -2.33. The van der Waals surface area contributed by atoms with Gasteiger partial charge in [0.15, 0.2) is 28.4 Å². The number of ether oxygens (including phenoxy) is 1. The molecule has 2 aromatic rings. The molecular formula is C16H23F3N5O7PS2. The molecule has 0 unspecified atom stereocenters. The summed E-state index contributed by atoms with van der Waals surface area (Å²) >= 11 is 2.36. The fraction of sp³-hybridized carbons (Fsp3) is 0.688. The number of fused-ring (bicyclic) bond motifs is 1. The van der Waals surface area contributed by atoms with Crippen LogP contribution >= 0.6 is 31.3 Å². The second kappa shape index (κ2) is 11.3. The van der Waals surface area contributed by atoms with Gasteiger partial charge in [-0.3, -0.25) is 9.09 Å². The molecule has 18 heteroatoms. The molecule has 34 heavy (non-hydrogen) atoms. The van der Waals surface area contributed by atoms with E-state index in [1.807, 2.05) is 6.26 Å². The number of rotatable bonds is 11. The van der Waals surface area contributed by atoms with Gasteiger partial charge in [0, 0.05) is 18.1 Å². The van der Waals surface area contributed by atoms with Gasteiger partial charge in [0.05, 0.1) is 19.4 Å². The van der Waals surface area contributed by atoms with Crippen LogP contribution in [-0.2, 0) is 13.8 Å². The van der Waals surface area contributed by atoms with Gasteiger partial charge in [0.25, 0.3) is 0 Å². The van der Waals surface area contributed by atoms with Gasteiger partial charge in [-0.1, -0.05) is 11.8 Å². The van der Waals surface area contributed by atoms with Gasteiger partial charge in [-0.05, 0) is 6.26 Å². The van der Waals surface area contributed by atoms with Crippen molar-refractivity contribution in [3.63, 3.8) is 0 Å². The number of hydrogen-bond acceptors (Lipinski definition) is 11. The zero-order valence-corrected chi connectivity index (χ0v) is 20.1. The summed E-state index contributed by atoms with van der Waals surface area (Å²) in [5, 5.41) is 23.8. The zero-order chi connectivity index (χ0) is 25.1. The fourth-order valence-corrected chi connectivity index (χ4v) is 4.54. The average Bonchev–Trinajstić information content (AvgIpc) is 3.27. The standard InChI is InChI=1S/C16H23F3N5O7PS2/c1-33-5-3-20-12-9-13(23-15(22-12)34-4-2-16(17,18)19)24(7-21-9)14-11(26)10(25)8(31-14)6-30-32(27,28)29/h7-8,10-11,14,25-26H,2-6H2,1H3,(H,20,22,23)(H2,27,28,29)/t8-,10-,11-,14-/m1/s1. The van der Waals surface area contributed by atoms with Crippen LogP contribution in [0.5, 0.6) is 0 Å². The Bertz CT molecular complexity index is 1030. The SMILES string of the molecule is CSCCNc1nc(SCCC(F)(F)F)nc2c1ncn2[C@@H]1O[C@H](COP(=O)(O)O)[C@@H](O)[C@H]1O. The minimum absolute atomic E-state index is 0.0413. The molecule has 0 aromatic carbocycles. The predicted octanol–water partition coefficient (Wildman–Crippen LogP) is 1.37. The topological polar surface area (TPSA) is 172 Å². The first-order valence-electron chi connectivity index (χ1n) is 9.78. The number of anilines is 1. The number of hydrogen-bond donors (Lipinski definition) is 5. The highest BCUT2D eigenvalue weighted by molar-refractivity contribution is 7.99. The van der Waals surface area contributed by atoms with E-state index in [9.17, 15) is 27.9 Å². The second-order valence-electron chi connectivity index (χ2n) is 7.14. The molecule has 12 nitrogen and oxygen atoms in total. The summed E-state index contributed by atoms with van der Waals surface area (Å²) in [6.07, 6.45) is -7.81. The maximum Gasteiger partial charge on any atom is 0.469 e. The van der Waals surface area contributed by atoms with Gasteiger partial charge in [0.1, 0.15) is 18.3 Å². The van der Waals surface area contributed by atoms with Crippen molar-refractivity contribution in [2.75, 3.05) is 36.2 Å². The van der Waals surface area contributed by atoms with E-state index in [0.29, 0.717) is 6.54 Å². The molecule has 4 atom stereocenters. The Kier molecular flexibility index (Phi) is 9.08. The monoisotopic (exact) mass is 549 g/mol. The number of aliphatic hydroxyl groups is 2. The number of nitrogens with zero attached hydrogens (tertiary/aromatic N) is 4.